The van der Waals surface area contributed by atoms with Crippen LogP contribution >= 0.6 is 0 Å². The number of piperidine rings is 1. The molecule has 1 saturated heterocycles. The van der Waals surface area contributed by atoms with E-state index in [2.05, 4.69) is 38.8 Å². The molecule has 0 bridgehead atoms. The van der Waals surface area contributed by atoms with E-state index in [-0.39, 0.29) is 18.1 Å². The molecule has 8 nitrogen and oxygen atoms in total. The number of amides is 1. The summed E-state index contributed by atoms with van der Waals surface area (Å²) in [7, 11) is 3.69. The Bertz CT molecular complexity index is 1170. The van der Waals surface area contributed by atoms with Crippen LogP contribution in [0.25, 0.3) is 11.0 Å². The molecule has 1 unspecified atom stereocenters. The predicted molar refractivity (Wildman–Crippen MR) is 126 cm³/mol. The van der Waals surface area contributed by atoms with Crippen LogP contribution < -0.4 is 20.7 Å². The molecule has 4 heterocycles. The lowest BCUT2D eigenvalue weighted by atomic mass is 10.0. The third-order valence-electron chi connectivity index (χ3n) is 6.62. The van der Waals surface area contributed by atoms with Crippen LogP contribution in [0.1, 0.15) is 42.0 Å². The van der Waals surface area contributed by atoms with Crippen LogP contribution in [0.4, 0.5) is 11.4 Å². The number of rotatable bonds is 4. The number of carbonyl (C=O) groups is 1. The first-order valence-electron chi connectivity index (χ1n) is 11.2. The van der Waals surface area contributed by atoms with Crippen LogP contribution in [0, 0.1) is 0 Å². The molecular weight excluding hydrogens is 404 g/mol. The van der Waals surface area contributed by atoms with Gasteiger partial charge >= 0.3 is 0 Å². The van der Waals surface area contributed by atoms with E-state index in [9.17, 15) is 4.79 Å². The third kappa shape index (κ3) is 3.26. The number of nitrogens with one attached hydrogen (secondary N) is 1. The fourth-order valence-corrected chi connectivity index (χ4v) is 5.07. The van der Waals surface area contributed by atoms with Crippen molar-refractivity contribution in [2.45, 2.75) is 38.5 Å². The SMILES string of the molecule is CCn1c(C2Nc3cc(C(=O)N4CCC[C@@H](N)C4)cc(OC)c3N2C)cc2ncccc21. The van der Waals surface area contributed by atoms with Crippen molar-refractivity contribution in [3.63, 3.8) is 0 Å². The summed E-state index contributed by atoms with van der Waals surface area (Å²) in [5.41, 5.74) is 11.8. The molecular formula is C24H30N6O2. The highest BCUT2D eigenvalue weighted by molar-refractivity contribution is 5.99. The van der Waals surface area contributed by atoms with Crippen molar-refractivity contribution in [2.75, 3.05) is 37.5 Å². The summed E-state index contributed by atoms with van der Waals surface area (Å²) in [6.07, 6.45) is 3.63. The van der Waals surface area contributed by atoms with Gasteiger partial charge in [0.05, 0.1) is 29.5 Å². The van der Waals surface area contributed by atoms with Gasteiger partial charge in [-0.25, -0.2) is 0 Å². The lowest BCUT2D eigenvalue weighted by Gasteiger charge is -2.31. The maximum Gasteiger partial charge on any atom is 0.254 e. The molecule has 168 valence electrons. The summed E-state index contributed by atoms with van der Waals surface area (Å²) in [6, 6.07) is 10.0. The molecule has 0 saturated carbocycles. The van der Waals surface area contributed by atoms with E-state index in [0.717, 1.165) is 54.0 Å². The largest absolute Gasteiger partial charge is 0.494 e. The Morgan fingerprint density at radius 1 is 1.34 bits per heavy atom. The highest BCUT2D eigenvalue weighted by Crippen LogP contribution is 2.47. The van der Waals surface area contributed by atoms with E-state index in [4.69, 9.17) is 10.5 Å². The lowest BCUT2D eigenvalue weighted by molar-refractivity contribution is 0.0708. The van der Waals surface area contributed by atoms with Gasteiger partial charge in [0.1, 0.15) is 17.6 Å². The Morgan fingerprint density at radius 3 is 2.94 bits per heavy atom. The number of likely N-dealkylation sites (tertiary alicyclic amines) is 1. The number of nitrogens with zero attached hydrogens (tertiary/aromatic N) is 4. The third-order valence-corrected chi connectivity index (χ3v) is 6.62. The molecule has 3 N–H and O–H groups in total. The molecule has 1 amide bonds. The van der Waals surface area contributed by atoms with Gasteiger partial charge in [-0.1, -0.05) is 0 Å². The number of methoxy groups -OCH3 is 1. The summed E-state index contributed by atoms with van der Waals surface area (Å²) in [5.74, 6) is 0.683. The number of aromatic nitrogens is 2. The van der Waals surface area contributed by atoms with Crippen molar-refractivity contribution in [2.24, 2.45) is 5.73 Å². The lowest BCUT2D eigenvalue weighted by Crippen LogP contribution is -2.45. The van der Waals surface area contributed by atoms with Crippen molar-refractivity contribution in [1.29, 1.82) is 0 Å². The van der Waals surface area contributed by atoms with Crippen molar-refractivity contribution in [1.82, 2.24) is 14.5 Å². The Morgan fingerprint density at radius 2 is 2.19 bits per heavy atom. The first-order chi connectivity index (χ1) is 15.5. The molecule has 2 aliphatic rings. The number of ether oxygens (including phenoxy) is 1. The first kappa shape index (κ1) is 20.6. The molecule has 0 aliphatic carbocycles. The molecule has 3 aromatic rings. The summed E-state index contributed by atoms with van der Waals surface area (Å²) in [4.78, 5) is 21.8. The van der Waals surface area contributed by atoms with E-state index in [1.54, 1.807) is 7.11 Å². The average molecular weight is 435 g/mol. The van der Waals surface area contributed by atoms with Gasteiger partial charge in [-0.05, 0) is 50.1 Å². The second-order valence-corrected chi connectivity index (χ2v) is 8.61. The van der Waals surface area contributed by atoms with Gasteiger partial charge in [0.25, 0.3) is 5.91 Å². The van der Waals surface area contributed by atoms with E-state index in [1.807, 2.05) is 36.3 Å². The zero-order chi connectivity index (χ0) is 22.4. The molecule has 0 spiro atoms. The van der Waals surface area contributed by atoms with Crippen LogP contribution in [0.5, 0.6) is 5.75 Å². The minimum absolute atomic E-state index is 0.000949. The maximum absolute atomic E-state index is 13.2. The molecule has 1 fully saturated rings. The van der Waals surface area contributed by atoms with Crippen LogP contribution in [-0.2, 0) is 6.54 Å². The smallest absolute Gasteiger partial charge is 0.254 e. The van der Waals surface area contributed by atoms with E-state index < -0.39 is 0 Å². The monoisotopic (exact) mass is 434 g/mol. The number of anilines is 2. The molecule has 0 radical (unpaired) electrons. The Kier molecular flexibility index (Phi) is 5.17. The fraction of sp³-hybridized carbons (Fsp3) is 0.417. The fourth-order valence-electron chi connectivity index (χ4n) is 5.07. The van der Waals surface area contributed by atoms with Crippen molar-refractivity contribution in [3.8, 4) is 5.75 Å². The molecule has 8 heteroatoms. The van der Waals surface area contributed by atoms with Crippen molar-refractivity contribution >= 4 is 28.3 Å². The second kappa shape index (κ2) is 8.02. The molecule has 32 heavy (non-hydrogen) atoms. The Balaban J connectivity index is 1.52. The summed E-state index contributed by atoms with van der Waals surface area (Å²) >= 11 is 0. The van der Waals surface area contributed by atoms with E-state index in [0.29, 0.717) is 17.9 Å². The zero-order valence-electron chi connectivity index (χ0n) is 18.8. The van der Waals surface area contributed by atoms with Gasteiger partial charge < -0.3 is 30.2 Å². The minimum atomic E-state index is -0.0955. The van der Waals surface area contributed by atoms with Crippen LogP contribution in [0.15, 0.2) is 36.5 Å². The zero-order valence-corrected chi connectivity index (χ0v) is 18.8. The molecule has 2 atom stereocenters. The first-order valence-corrected chi connectivity index (χ1v) is 11.2. The van der Waals surface area contributed by atoms with Gasteiger partial charge in [-0.15, -0.1) is 0 Å². The predicted octanol–water partition coefficient (Wildman–Crippen LogP) is 3.19. The molecule has 2 aliphatic heterocycles. The number of pyridine rings is 1. The number of fused-ring (bicyclic) bond motifs is 2. The molecule has 2 aromatic heterocycles. The molecule has 1 aromatic carbocycles. The van der Waals surface area contributed by atoms with Crippen molar-refractivity contribution in [3.05, 3.63) is 47.8 Å². The quantitative estimate of drug-likeness (QED) is 0.656. The van der Waals surface area contributed by atoms with Crippen molar-refractivity contribution < 1.29 is 9.53 Å². The van der Waals surface area contributed by atoms with Gasteiger partial charge in [-0.2, -0.15) is 0 Å². The number of nitrogens with two attached hydrogens (primary N) is 1. The van der Waals surface area contributed by atoms with E-state index in [1.165, 1.54) is 0 Å². The van der Waals surface area contributed by atoms with Gasteiger partial charge in [0.15, 0.2) is 0 Å². The van der Waals surface area contributed by atoms with Gasteiger partial charge in [0, 0.05) is 44.5 Å². The Hall–Kier alpha value is -3.26. The summed E-state index contributed by atoms with van der Waals surface area (Å²) in [6.45, 7) is 4.31. The highest BCUT2D eigenvalue weighted by atomic mass is 16.5. The average Bonchev–Trinajstić information content (AvgIpc) is 3.35. The number of hydrogen-bond donors (Lipinski definition) is 2. The van der Waals surface area contributed by atoms with Crippen LogP contribution in [0.3, 0.4) is 0 Å². The summed E-state index contributed by atoms with van der Waals surface area (Å²) < 4.78 is 8.00. The minimum Gasteiger partial charge on any atom is -0.494 e. The normalized spacial score (nSPS) is 20.4. The number of carbonyl (C=O) groups excluding carboxylic acids is 1. The standard InChI is InChI=1S/C24H30N6O2/c1-4-30-19-8-5-9-26-17(19)13-20(30)23-27-18-11-15(12-21(32-3)22(18)28(23)2)24(31)29-10-6-7-16(25)14-29/h5,8-9,11-13,16,23,27H,4,6-7,10,14,25H2,1-3H3/t16-,23?/m1/s1. The highest BCUT2D eigenvalue weighted by Gasteiger charge is 2.34. The maximum atomic E-state index is 13.2. The van der Waals surface area contributed by atoms with Crippen LogP contribution in [-0.4, -0.2) is 53.6 Å². The Labute approximate surface area is 187 Å². The van der Waals surface area contributed by atoms with Gasteiger partial charge in [0.2, 0.25) is 0 Å². The summed E-state index contributed by atoms with van der Waals surface area (Å²) in [5, 5.41) is 3.62. The van der Waals surface area contributed by atoms with Gasteiger partial charge in [-0.3, -0.25) is 9.78 Å². The van der Waals surface area contributed by atoms with Crippen LogP contribution in [0.2, 0.25) is 0 Å². The second-order valence-electron chi connectivity index (χ2n) is 8.61. The molecule has 5 rings (SSSR count). The van der Waals surface area contributed by atoms with E-state index >= 15 is 0 Å². The number of hydrogen-bond acceptors (Lipinski definition) is 6. The number of aryl methyl sites for hydroxylation is 1. The topological polar surface area (TPSA) is 88.7 Å². The number of benzene rings is 1.